The van der Waals surface area contributed by atoms with Crippen molar-refractivity contribution in [3.05, 3.63) is 22.4 Å². The van der Waals surface area contributed by atoms with E-state index < -0.39 is 6.04 Å². The lowest BCUT2D eigenvalue weighted by Crippen LogP contribution is -2.48. The largest absolute Gasteiger partial charge is 0.375 e. The number of hydrogen-bond acceptors (Lipinski definition) is 6. The monoisotopic (exact) mass is 436 g/mol. The van der Waals surface area contributed by atoms with Gasteiger partial charge in [-0.05, 0) is 36.6 Å². The number of nitrogens with two attached hydrogens (primary N) is 1. The van der Waals surface area contributed by atoms with E-state index in [-0.39, 0.29) is 24.5 Å². The van der Waals surface area contributed by atoms with E-state index in [9.17, 15) is 9.59 Å². The molecule has 1 saturated carbocycles. The summed E-state index contributed by atoms with van der Waals surface area (Å²) in [7, 11) is 1.52. The van der Waals surface area contributed by atoms with Gasteiger partial charge in [0.1, 0.15) is 12.6 Å². The molecule has 0 bridgehead atoms. The van der Waals surface area contributed by atoms with E-state index in [1.165, 1.54) is 44.1 Å². The predicted molar refractivity (Wildman–Crippen MR) is 119 cm³/mol. The van der Waals surface area contributed by atoms with E-state index in [1.807, 2.05) is 0 Å². The maximum Gasteiger partial charge on any atom is 0.249 e. The maximum atomic E-state index is 12.8. The third-order valence-corrected chi connectivity index (χ3v) is 7.15. The molecule has 30 heavy (non-hydrogen) atoms. The van der Waals surface area contributed by atoms with Gasteiger partial charge in [-0.15, -0.1) is 11.3 Å². The minimum absolute atomic E-state index is 0.000931. The van der Waals surface area contributed by atoms with Crippen molar-refractivity contribution in [1.29, 1.82) is 0 Å². The van der Waals surface area contributed by atoms with Crippen LogP contribution >= 0.6 is 11.3 Å². The van der Waals surface area contributed by atoms with Crippen LogP contribution in [0.2, 0.25) is 0 Å². The lowest BCUT2D eigenvalue weighted by molar-refractivity contribution is -0.141. The quantitative estimate of drug-likeness (QED) is 0.584. The Morgan fingerprint density at radius 3 is 2.80 bits per heavy atom. The third kappa shape index (κ3) is 6.26. The maximum absolute atomic E-state index is 12.8. The van der Waals surface area contributed by atoms with Crippen LogP contribution in [0.25, 0.3) is 0 Å². The molecule has 2 unspecified atom stereocenters. The first-order valence-corrected chi connectivity index (χ1v) is 12.0. The van der Waals surface area contributed by atoms with Crippen molar-refractivity contribution < 1.29 is 14.3 Å². The SMILES string of the molecule is COCC(=O)N1CC(N(Cc2cccs2)CC2CCCCC2)CC1C(=O)NCCN. The summed E-state index contributed by atoms with van der Waals surface area (Å²) in [6, 6.07) is 3.97. The summed E-state index contributed by atoms with van der Waals surface area (Å²) >= 11 is 1.77. The molecule has 7 nitrogen and oxygen atoms in total. The molecule has 2 fully saturated rings. The van der Waals surface area contributed by atoms with Gasteiger partial charge in [-0.25, -0.2) is 0 Å². The molecular formula is C22H36N4O3S. The van der Waals surface area contributed by atoms with Crippen molar-refractivity contribution in [3.8, 4) is 0 Å². The molecule has 0 radical (unpaired) electrons. The Kier molecular flexibility index (Phi) is 9.11. The summed E-state index contributed by atoms with van der Waals surface area (Å²) in [5.74, 6) is 0.467. The molecule has 2 amide bonds. The fourth-order valence-corrected chi connectivity index (χ4v) is 5.50. The van der Waals surface area contributed by atoms with Gasteiger partial charge in [-0.1, -0.05) is 25.3 Å². The van der Waals surface area contributed by atoms with Gasteiger partial charge in [0.25, 0.3) is 0 Å². The molecule has 3 rings (SSSR count). The number of methoxy groups -OCH3 is 1. The summed E-state index contributed by atoms with van der Waals surface area (Å²) in [5.41, 5.74) is 5.55. The van der Waals surface area contributed by atoms with Crippen molar-refractivity contribution in [1.82, 2.24) is 15.1 Å². The van der Waals surface area contributed by atoms with Crippen LogP contribution in [0.4, 0.5) is 0 Å². The molecule has 1 aliphatic carbocycles. The van der Waals surface area contributed by atoms with Crippen LogP contribution < -0.4 is 11.1 Å². The van der Waals surface area contributed by atoms with Crippen LogP contribution in [-0.4, -0.2) is 73.6 Å². The Hall–Kier alpha value is -1.48. The third-order valence-electron chi connectivity index (χ3n) is 6.29. The van der Waals surface area contributed by atoms with Crippen LogP contribution in [0, 0.1) is 5.92 Å². The first kappa shape index (κ1) is 23.2. The zero-order valence-corrected chi connectivity index (χ0v) is 18.9. The van der Waals surface area contributed by atoms with E-state index in [2.05, 4.69) is 27.7 Å². The lowest BCUT2D eigenvalue weighted by atomic mass is 9.88. The van der Waals surface area contributed by atoms with Gasteiger partial charge in [0.15, 0.2) is 0 Å². The predicted octanol–water partition coefficient (Wildman–Crippen LogP) is 1.82. The second-order valence-corrected chi connectivity index (χ2v) is 9.51. The number of likely N-dealkylation sites (tertiary alicyclic amines) is 1. The molecule has 168 valence electrons. The van der Waals surface area contributed by atoms with Crippen molar-refractivity contribution in [2.45, 2.75) is 57.2 Å². The van der Waals surface area contributed by atoms with Crippen molar-refractivity contribution in [2.24, 2.45) is 11.7 Å². The minimum Gasteiger partial charge on any atom is -0.375 e. The van der Waals surface area contributed by atoms with Gasteiger partial charge in [0.05, 0.1) is 0 Å². The normalized spacial score (nSPS) is 22.6. The average molecular weight is 437 g/mol. The topological polar surface area (TPSA) is 87.9 Å². The summed E-state index contributed by atoms with van der Waals surface area (Å²) in [6.45, 7) is 3.30. The summed E-state index contributed by atoms with van der Waals surface area (Å²) in [4.78, 5) is 31.0. The number of ether oxygens (including phenoxy) is 1. The summed E-state index contributed by atoms with van der Waals surface area (Å²) in [6.07, 6.45) is 7.17. The van der Waals surface area contributed by atoms with Crippen LogP contribution in [-0.2, 0) is 20.9 Å². The van der Waals surface area contributed by atoms with Crippen LogP contribution in [0.5, 0.6) is 0 Å². The van der Waals surface area contributed by atoms with Gasteiger partial charge < -0.3 is 20.7 Å². The number of carbonyl (C=O) groups is 2. The Morgan fingerprint density at radius 2 is 2.13 bits per heavy atom. The Balaban J connectivity index is 1.74. The van der Waals surface area contributed by atoms with Gasteiger partial charge in [-0.2, -0.15) is 0 Å². The van der Waals surface area contributed by atoms with E-state index >= 15 is 0 Å². The highest BCUT2D eigenvalue weighted by Gasteiger charge is 2.42. The van der Waals surface area contributed by atoms with Gasteiger partial charge in [0, 0.05) is 50.8 Å². The zero-order valence-electron chi connectivity index (χ0n) is 18.1. The van der Waals surface area contributed by atoms with E-state index in [4.69, 9.17) is 10.5 Å². The molecule has 3 N–H and O–H groups in total. The highest BCUT2D eigenvalue weighted by Crippen LogP contribution is 2.30. The number of thiophene rings is 1. The molecular weight excluding hydrogens is 400 g/mol. The number of rotatable bonds is 10. The molecule has 0 aromatic carbocycles. The minimum atomic E-state index is -0.457. The molecule has 1 aromatic rings. The highest BCUT2D eigenvalue weighted by atomic mass is 32.1. The van der Waals surface area contributed by atoms with Gasteiger partial charge in [-0.3, -0.25) is 14.5 Å². The molecule has 1 saturated heterocycles. The van der Waals surface area contributed by atoms with E-state index in [1.54, 1.807) is 16.2 Å². The summed E-state index contributed by atoms with van der Waals surface area (Å²) < 4.78 is 5.07. The lowest BCUT2D eigenvalue weighted by Gasteiger charge is -2.33. The molecule has 2 heterocycles. The van der Waals surface area contributed by atoms with E-state index in [0.717, 1.165) is 13.1 Å². The first-order valence-electron chi connectivity index (χ1n) is 11.1. The fraction of sp³-hybridized carbons (Fsp3) is 0.727. The number of carbonyl (C=O) groups excluding carboxylic acids is 2. The molecule has 2 aliphatic rings. The van der Waals surface area contributed by atoms with Crippen LogP contribution in [0.1, 0.15) is 43.4 Å². The molecule has 0 spiro atoms. The Morgan fingerprint density at radius 1 is 1.33 bits per heavy atom. The first-order chi connectivity index (χ1) is 14.6. The van der Waals surface area contributed by atoms with Gasteiger partial charge in [0.2, 0.25) is 11.8 Å². The zero-order chi connectivity index (χ0) is 21.3. The average Bonchev–Trinajstić information content (AvgIpc) is 3.42. The van der Waals surface area contributed by atoms with Crippen molar-refractivity contribution in [3.63, 3.8) is 0 Å². The summed E-state index contributed by atoms with van der Waals surface area (Å²) in [5, 5.41) is 4.98. The van der Waals surface area contributed by atoms with Gasteiger partial charge >= 0.3 is 0 Å². The second kappa shape index (κ2) is 11.8. The molecule has 2 atom stereocenters. The molecule has 1 aromatic heterocycles. The number of amides is 2. The van der Waals surface area contributed by atoms with Crippen LogP contribution in [0.3, 0.4) is 0 Å². The highest BCUT2D eigenvalue weighted by molar-refractivity contribution is 7.09. The van der Waals surface area contributed by atoms with Crippen molar-refractivity contribution in [2.75, 3.05) is 39.9 Å². The number of nitrogens with one attached hydrogen (secondary N) is 1. The Bertz CT molecular complexity index is 663. The smallest absolute Gasteiger partial charge is 0.249 e. The Labute approximate surface area is 183 Å². The second-order valence-electron chi connectivity index (χ2n) is 8.48. The number of nitrogens with zero attached hydrogens (tertiary/aromatic N) is 2. The van der Waals surface area contributed by atoms with Crippen LogP contribution in [0.15, 0.2) is 17.5 Å². The van der Waals surface area contributed by atoms with Crippen molar-refractivity contribution >= 4 is 23.2 Å². The van der Waals surface area contributed by atoms with E-state index in [0.29, 0.717) is 32.0 Å². The molecule has 1 aliphatic heterocycles. The number of hydrogen-bond donors (Lipinski definition) is 2. The standard InChI is InChI=1S/C22H36N4O3S/c1-29-16-21(27)26-14-18(12-20(26)22(28)24-10-9-23)25(15-19-8-5-11-30-19)13-17-6-3-2-4-7-17/h5,8,11,17-18,20H,2-4,6-7,9-10,12-16,23H2,1H3,(H,24,28). The molecule has 8 heteroatoms. The fourth-order valence-electron chi connectivity index (χ4n) is 4.77.